The fourth-order valence-electron chi connectivity index (χ4n) is 1.12. The Morgan fingerprint density at radius 2 is 2.13 bits per heavy atom. The van der Waals surface area contributed by atoms with Crippen LogP contribution in [0.1, 0.15) is 17.2 Å². The number of phenolic OH excluding ortho intramolecular Hbond substituents is 1. The van der Waals surface area contributed by atoms with Gasteiger partial charge in [0.1, 0.15) is 23.2 Å². The molecule has 82 valence electrons. The summed E-state index contributed by atoms with van der Waals surface area (Å²) in [6.07, 6.45) is 0. The molecule has 1 rings (SSSR count). The zero-order chi connectivity index (χ0) is 10.7. The van der Waals surface area contributed by atoms with E-state index in [0.29, 0.717) is 0 Å². The summed E-state index contributed by atoms with van der Waals surface area (Å²) in [5.74, 6) is -1.19. The van der Waals surface area contributed by atoms with E-state index in [-0.39, 0.29) is 24.5 Å². The summed E-state index contributed by atoms with van der Waals surface area (Å²) >= 11 is 0. The highest BCUT2D eigenvalue weighted by Gasteiger charge is 2.15. The minimum Gasteiger partial charge on any atom is -0.506 e. The molecule has 5 N–H and O–H groups in total. The number of nitrogens with zero attached hydrogens (tertiary/aromatic N) is 1. The molecule has 0 amide bonds. The normalized spacial score (nSPS) is 11.3. The van der Waals surface area contributed by atoms with Gasteiger partial charge in [-0.2, -0.15) is 5.26 Å². The molecular formula is C9H11ClFN3O. The van der Waals surface area contributed by atoms with Crippen molar-refractivity contribution in [2.45, 2.75) is 6.04 Å². The summed E-state index contributed by atoms with van der Waals surface area (Å²) in [6, 6.07) is 3.38. The molecule has 0 unspecified atom stereocenters. The lowest BCUT2D eigenvalue weighted by molar-refractivity contribution is 0.453. The molecule has 0 saturated heterocycles. The Morgan fingerprint density at radius 3 is 2.60 bits per heavy atom. The van der Waals surface area contributed by atoms with E-state index in [1.807, 2.05) is 0 Å². The first-order chi connectivity index (χ1) is 6.61. The van der Waals surface area contributed by atoms with Gasteiger partial charge in [-0.25, -0.2) is 4.39 Å². The fraction of sp³-hybridized carbons (Fsp3) is 0.222. The first-order valence-electron chi connectivity index (χ1n) is 3.99. The van der Waals surface area contributed by atoms with Crippen molar-refractivity contribution < 1.29 is 9.50 Å². The van der Waals surface area contributed by atoms with Gasteiger partial charge < -0.3 is 16.6 Å². The molecule has 1 atom stereocenters. The average molecular weight is 232 g/mol. The minimum absolute atomic E-state index is 0. The van der Waals surface area contributed by atoms with Gasteiger partial charge in [0.05, 0.1) is 0 Å². The highest BCUT2D eigenvalue weighted by atomic mass is 35.5. The summed E-state index contributed by atoms with van der Waals surface area (Å²) in [5, 5.41) is 18.0. The van der Waals surface area contributed by atoms with E-state index in [9.17, 15) is 9.50 Å². The zero-order valence-electron chi connectivity index (χ0n) is 7.77. The van der Waals surface area contributed by atoms with Crippen LogP contribution in [0, 0.1) is 17.1 Å². The van der Waals surface area contributed by atoms with Crippen molar-refractivity contribution in [2.75, 3.05) is 6.54 Å². The molecule has 0 fully saturated rings. The van der Waals surface area contributed by atoms with Crippen molar-refractivity contribution in [1.29, 1.82) is 5.26 Å². The third-order valence-electron chi connectivity index (χ3n) is 1.92. The maximum atomic E-state index is 12.9. The van der Waals surface area contributed by atoms with Crippen LogP contribution in [0.4, 0.5) is 4.39 Å². The van der Waals surface area contributed by atoms with Crippen LogP contribution in [0.15, 0.2) is 12.1 Å². The maximum Gasteiger partial charge on any atom is 0.144 e. The van der Waals surface area contributed by atoms with Crippen LogP contribution in [0.25, 0.3) is 0 Å². The summed E-state index contributed by atoms with van der Waals surface area (Å²) in [5.41, 5.74) is 10.7. The largest absolute Gasteiger partial charge is 0.506 e. The van der Waals surface area contributed by atoms with Gasteiger partial charge in [0.15, 0.2) is 0 Å². The number of nitriles is 1. The third kappa shape index (κ3) is 2.57. The lowest BCUT2D eigenvalue weighted by Gasteiger charge is -2.11. The number of nitrogens with two attached hydrogens (primary N) is 2. The third-order valence-corrected chi connectivity index (χ3v) is 1.92. The number of halogens is 2. The Balaban J connectivity index is 0.00000196. The lowest BCUT2D eigenvalue weighted by Crippen LogP contribution is -2.21. The molecule has 0 aliphatic rings. The molecule has 0 radical (unpaired) electrons. The molecule has 0 saturated carbocycles. The number of phenols is 1. The first-order valence-corrected chi connectivity index (χ1v) is 3.99. The van der Waals surface area contributed by atoms with Crippen LogP contribution in [0.2, 0.25) is 0 Å². The van der Waals surface area contributed by atoms with Crippen LogP contribution in [-0.2, 0) is 0 Å². The van der Waals surface area contributed by atoms with Gasteiger partial charge in [0, 0.05) is 18.2 Å². The molecule has 0 aliphatic carbocycles. The van der Waals surface area contributed by atoms with E-state index in [1.165, 1.54) is 6.07 Å². The predicted molar refractivity (Wildman–Crippen MR) is 56.0 cm³/mol. The molecule has 0 aliphatic heterocycles. The van der Waals surface area contributed by atoms with Crippen molar-refractivity contribution in [3.63, 3.8) is 0 Å². The second-order valence-corrected chi connectivity index (χ2v) is 2.81. The Hall–Kier alpha value is -1.35. The van der Waals surface area contributed by atoms with E-state index < -0.39 is 23.2 Å². The van der Waals surface area contributed by atoms with Crippen LogP contribution in [0.5, 0.6) is 5.75 Å². The Labute approximate surface area is 92.7 Å². The second kappa shape index (κ2) is 5.51. The summed E-state index contributed by atoms with van der Waals surface area (Å²) in [4.78, 5) is 0. The molecule has 1 aromatic rings. The SMILES string of the molecule is Cl.N#Cc1c(F)ccc([C@@H](N)CN)c1O. The van der Waals surface area contributed by atoms with Gasteiger partial charge in [-0.3, -0.25) is 0 Å². The monoisotopic (exact) mass is 231 g/mol. The van der Waals surface area contributed by atoms with Crippen molar-refractivity contribution in [3.05, 3.63) is 29.1 Å². The Bertz CT molecular complexity index is 392. The summed E-state index contributed by atoms with van der Waals surface area (Å²) < 4.78 is 12.9. The molecule has 0 heterocycles. The molecule has 15 heavy (non-hydrogen) atoms. The molecular weight excluding hydrogens is 221 g/mol. The van der Waals surface area contributed by atoms with Gasteiger partial charge in [-0.15, -0.1) is 12.4 Å². The molecule has 0 bridgehead atoms. The molecule has 0 aromatic heterocycles. The van der Waals surface area contributed by atoms with Gasteiger partial charge in [0.25, 0.3) is 0 Å². The van der Waals surface area contributed by atoms with Gasteiger partial charge in [-0.05, 0) is 6.07 Å². The number of benzene rings is 1. The number of rotatable bonds is 2. The van der Waals surface area contributed by atoms with Crippen molar-refractivity contribution in [1.82, 2.24) is 0 Å². The molecule has 1 aromatic carbocycles. The smallest absolute Gasteiger partial charge is 0.144 e. The van der Waals surface area contributed by atoms with Crippen molar-refractivity contribution in [3.8, 4) is 11.8 Å². The average Bonchev–Trinajstić information content (AvgIpc) is 2.18. The highest BCUT2D eigenvalue weighted by Crippen LogP contribution is 2.27. The maximum absolute atomic E-state index is 12.9. The van der Waals surface area contributed by atoms with E-state index in [1.54, 1.807) is 6.07 Å². The first kappa shape index (κ1) is 13.7. The van der Waals surface area contributed by atoms with Crippen LogP contribution in [0.3, 0.4) is 0 Å². The minimum atomic E-state index is -0.766. The fourth-order valence-corrected chi connectivity index (χ4v) is 1.12. The van der Waals surface area contributed by atoms with E-state index in [2.05, 4.69) is 0 Å². The van der Waals surface area contributed by atoms with Crippen molar-refractivity contribution in [2.24, 2.45) is 11.5 Å². The Morgan fingerprint density at radius 1 is 1.53 bits per heavy atom. The number of hydrogen-bond donors (Lipinski definition) is 3. The van der Waals surface area contributed by atoms with Gasteiger partial charge >= 0.3 is 0 Å². The van der Waals surface area contributed by atoms with Crippen LogP contribution >= 0.6 is 12.4 Å². The van der Waals surface area contributed by atoms with Gasteiger partial charge in [0.2, 0.25) is 0 Å². The van der Waals surface area contributed by atoms with Gasteiger partial charge in [-0.1, -0.05) is 6.07 Å². The second-order valence-electron chi connectivity index (χ2n) is 2.81. The van der Waals surface area contributed by atoms with Crippen LogP contribution < -0.4 is 11.5 Å². The molecule has 6 heteroatoms. The topological polar surface area (TPSA) is 96.1 Å². The van der Waals surface area contributed by atoms with Crippen LogP contribution in [-0.4, -0.2) is 11.7 Å². The van der Waals surface area contributed by atoms with Crippen molar-refractivity contribution >= 4 is 12.4 Å². The van der Waals surface area contributed by atoms with E-state index in [0.717, 1.165) is 6.07 Å². The van der Waals surface area contributed by atoms with E-state index in [4.69, 9.17) is 16.7 Å². The number of aromatic hydroxyl groups is 1. The predicted octanol–water partition coefficient (Wildman–Crippen LogP) is 0.783. The lowest BCUT2D eigenvalue weighted by atomic mass is 10.0. The standard InChI is InChI=1S/C9H10FN3O.ClH/c10-7-2-1-5(8(13)4-12)9(14)6(7)3-11;/h1-2,8,14H,4,12-13H2;1H/t8-;/m0./s1. The summed E-state index contributed by atoms with van der Waals surface area (Å²) in [6.45, 7) is 0.115. The van der Waals surface area contributed by atoms with E-state index >= 15 is 0 Å². The highest BCUT2D eigenvalue weighted by molar-refractivity contribution is 5.85. The quantitative estimate of drug-likeness (QED) is 0.701. The number of hydrogen-bond acceptors (Lipinski definition) is 4. The molecule has 4 nitrogen and oxygen atoms in total. The zero-order valence-corrected chi connectivity index (χ0v) is 8.59. The Kier molecular flexibility index (Phi) is 5.02. The summed E-state index contributed by atoms with van der Waals surface area (Å²) in [7, 11) is 0. The molecule has 0 spiro atoms.